The zero-order chi connectivity index (χ0) is 12.5. The van der Waals surface area contributed by atoms with Crippen LogP contribution in [0.5, 0.6) is 0 Å². The largest absolute Gasteiger partial charge is 0.299 e. The first-order valence-corrected chi connectivity index (χ1v) is 6.67. The molecule has 1 aromatic rings. The fourth-order valence-corrected chi connectivity index (χ4v) is 2.93. The van der Waals surface area contributed by atoms with Crippen molar-refractivity contribution >= 4 is 27.5 Å². The van der Waals surface area contributed by atoms with Gasteiger partial charge < -0.3 is 0 Å². The highest BCUT2D eigenvalue weighted by Gasteiger charge is 2.33. The number of likely N-dealkylation sites (tertiary alicyclic amines) is 1. The topological polar surface area (TPSA) is 3.24 Å². The zero-order valence-corrected chi connectivity index (χ0v) is 11.6. The third kappa shape index (κ3) is 3.90. The molecule has 1 heterocycles. The van der Waals surface area contributed by atoms with Gasteiger partial charge in [-0.25, -0.2) is 8.78 Å². The van der Waals surface area contributed by atoms with E-state index >= 15 is 0 Å². The van der Waals surface area contributed by atoms with Gasteiger partial charge in [0.05, 0.1) is 0 Å². The summed E-state index contributed by atoms with van der Waals surface area (Å²) in [4.78, 5) is 2.04. The minimum atomic E-state index is -2.48. The zero-order valence-electron chi connectivity index (χ0n) is 9.23. The average molecular weight is 325 g/mol. The van der Waals surface area contributed by atoms with Crippen LogP contribution in [-0.2, 0) is 6.54 Å². The summed E-state index contributed by atoms with van der Waals surface area (Å²) in [7, 11) is 0. The maximum absolute atomic E-state index is 13.0. The Morgan fingerprint density at radius 2 is 1.88 bits per heavy atom. The number of rotatable bonds is 2. The van der Waals surface area contributed by atoms with E-state index in [2.05, 4.69) is 15.9 Å². The molecule has 94 valence electrons. The summed E-state index contributed by atoms with van der Waals surface area (Å²) in [6.07, 6.45) is -0.0938. The minimum absolute atomic E-state index is 0.0469. The van der Waals surface area contributed by atoms with E-state index in [0.29, 0.717) is 24.7 Å². The highest BCUT2D eigenvalue weighted by molar-refractivity contribution is 9.10. The number of halogens is 4. The molecule has 0 radical (unpaired) electrons. The molecular weight excluding hydrogens is 311 g/mol. The van der Waals surface area contributed by atoms with Gasteiger partial charge in [-0.2, -0.15) is 0 Å². The Morgan fingerprint density at radius 3 is 2.47 bits per heavy atom. The first-order valence-electron chi connectivity index (χ1n) is 5.50. The lowest BCUT2D eigenvalue weighted by atomic mass is 10.1. The van der Waals surface area contributed by atoms with Gasteiger partial charge in [0.25, 0.3) is 5.92 Å². The highest BCUT2D eigenvalue weighted by atomic mass is 79.9. The first-order chi connectivity index (χ1) is 7.94. The Labute approximate surface area is 113 Å². The Kier molecular flexibility index (Phi) is 4.06. The molecule has 5 heteroatoms. The van der Waals surface area contributed by atoms with Crippen molar-refractivity contribution in [2.24, 2.45) is 0 Å². The molecule has 0 amide bonds. The number of benzene rings is 1. The Morgan fingerprint density at radius 1 is 1.24 bits per heavy atom. The lowest BCUT2D eigenvalue weighted by molar-refractivity contribution is -0.0566. The van der Waals surface area contributed by atoms with E-state index < -0.39 is 5.92 Å². The number of nitrogens with zero attached hydrogens (tertiary/aromatic N) is 1. The molecule has 1 aliphatic rings. The van der Waals surface area contributed by atoms with Crippen LogP contribution in [0, 0.1) is 0 Å². The van der Waals surface area contributed by atoms with Crippen LogP contribution in [0.15, 0.2) is 22.7 Å². The van der Waals surface area contributed by atoms with Crippen molar-refractivity contribution in [3.63, 3.8) is 0 Å². The van der Waals surface area contributed by atoms with Crippen molar-refractivity contribution in [2.75, 3.05) is 13.1 Å². The van der Waals surface area contributed by atoms with Gasteiger partial charge in [0.1, 0.15) is 0 Å². The molecule has 0 atom stereocenters. The molecule has 1 aliphatic heterocycles. The third-order valence-electron chi connectivity index (χ3n) is 2.92. The summed E-state index contributed by atoms with van der Waals surface area (Å²) in [5.74, 6) is -2.48. The average Bonchev–Trinajstić information content (AvgIpc) is 2.20. The molecule has 2 rings (SSSR count). The summed E-state index contributed by atoms with van der Waals surface area (Å²) in [6.45, 7) is 1.56. The molecule has 0 saturated carbocycles. The molecule has 1 fully saturated rings. The number of hydrogen-bond acceptors (Lipinski definition) is 1. The SMILES string of the molecule is FC1(F)CCN(Cc2cc(Cl)cc(Br)c2)CC1. The second-order valence-corrected chi connectivity index (χ2v) is 5.76. The van der Waals surface area contributed by atoms with E-state index in [9.17, 15) is 8.78 Å². The summed E-state index contributed by atoms with van der Waals surface area (Å²) in [6, 6.07) is 5.66. The van der Waals surface area contributed by atoms with Crippen LogP contribution in [0.2, 0.25) is 5.02 Å². The van der Waals surface area contributed by atoms with Gasteiger partial charge in [-0.15, -0.1) is 0 Å². The van der Waals surface area contributed by atoms with E-state index in [1.54, 1.807) is 0 Å². The van der Waals surface area contributed by atoms with Gasteiger partial charge in [0.15, 0.2) is 0 Å². The monoisotopic (exact) mass is 323 g/mol. The standard InChI is InChI=1S/C12H13BrClF2N/c13-10-5-9(6-11(14)7-10)8-17-3-1-12(15,16)2-4-17/h5-7H,1-4,8H2. The molecule has 1 nitrogen and oxygen atoms in total. The Bertz CT molecular complexity index is 381. The van der Waals surface area contributed by atoms with Crippen molar-refractivity contribution < 1.29 is 8.78 Å². The molecule has 0 N–H and O–H groups in total. The smallest absolute Gasteiger partial charge is 0.250 e. The lowest BCUT2D eigenvalue weighted by Gasteiger charge is -2.31. The van der Waals surface area contributed by atoms with Crippen molar-refractivity contribution in [3.05, 3.63) is 33.3 Å². The molecule has 0 bridgehead atoms. The normalized spacial score (nSPS) is 20.5. The van der Waals surface area contributed by atoms with Crippen LogP contribution in [-0.4, -0.2) is 23.9 Å². The number of piperidine rings is 1. The van der Waals surface area contributed by atoms with Crippen molar-refractivity contribution in [1.82, 2.24) is 4.90 Å². The van der Waals surface area contributed by atoms with E-state index in [1.165, 1.54) is 0 Å². The van der Waals surface area contributed by atoms with Crippen molar-refractivity contribution in [3.8, 4) is 0 Å². The van der Waals surface area contributed by atoms with E-state index in [4.69, 9.17) is 11.6 Å². The van der Waals surface area contributed by atoms with Crippen LogP contribution in [0.1, 0.15) is 18.4 Å². The summed E-state index contributed by atoms with van der Waals surface area (Å²) < 4.78 is 26.9. The van der Waals surface area contributed by atoms with Gasteiger partial charge in [0, 0.05) is 42.0 Å². The molecule has 0 aliphatic carbocycles. The summed E-state index contributed by atoms with van der Waals surface area (Å²) in [5.41, 5.74) is 1.05. The van der Waals surface area contributed by atoms with E-state index in [-0.39, 0.29) is 12.8 Å². The minimum Gasteiger partial charge on any atom is -0.299 e. The Hall–Kier alpha value is -0.190. The number of alkyl halides is 2. The molecule has 0 aromatic heterocycles. The van der Waals surface area contributed by atoms with Crippen LogP contribution in [0.4, 0.5) is 8.78 Å². The van der Waals surface area contributed by atoms with Gasteiger partial charge in [-0.1, -0.05) is 27.5 Å². The maximum atomic E-state index is 13.0. The first kappa shape index (κ1) is 13.2. The number of hydrogen-bond donors (Lipinski definition) is 0. The maximum Gasteiger partial charge on any atom is 0.250 e. The summed E-state index contributed by atoms with van der Waals surface area (Å²) in [5, 5.41) is 0.664. The Balaban J connectivity index is 1.97. The molecule has 0 spiro atoms. The van der Waals surface area contributed by atoms with Crippen molar-refractivity contribution in [1.29, 1.82) is 0 Å². The second-order valence-electron chi connectivity index (χ2n) is 4.41. The van der Waals surface area contributed by atoms with E-state index in [1.807, 2.05) is 23.1 Å². The van der Waals surface area contributed by atoms with Crippen LogP contribution >= 0.6 is 27.5 Å². The highest BCUT2D eigenvalue weighted by Crippen LogP contribution is 2.29. The molecule has 1 aromatic carbocycles. The van der Waals surface area contributed by atoms with Gasteiger partial charge >= 0.3 is 0 Å². The molecule has 1 saturated heterocycles. The van der Waals surface area contributed by atoms with Crippen LogP contribution in [0.3, 0.4) is 0 Å². The third-order valence-corrected chi connectivity index (χ3v) is 3.59. The van der Waals surface area contributed by atoms with E-state index in [0.717, 1.165) is 10.0 Å². The van der Waals surface area contributed by atoms with Crippen molar-refractivity contribution in [2.45, 2.75) is 25.3 Å². The fraction of sp³-hybridized carbons (Fsp3) is 0.500. The van der Waals surface area contributed by atoms with Gasteiger partial charge in [0.2, 0.25) is 0 Å². The van der Waals surface area contributed by atoms with Crippen LogP contribution < -0.4 is 0 Å². The van der Waals surface area contributed by atoms with Gasteiger partial charge in [-0.05, 0) is 23.8 Å². The molecule has 0 unspecified atom stereocenters. The molecular formula is C12H13BrClF2N. The second kappa shape index (κ2) is 5.21. The van der Waals surface area contributed by atoms with Crippen LogP contribution in [0.25, 0.3) is 0 Å². The summed E-state index contributed by atoms with van der Waals surface area (Å²) >= 11 is 9.32. The quantitative estimate of drug-likeness (QED) is 0.782. The lowest BCUT2D eigenvalue weighted by Crippen LogP contribution is -2.38. The van der Waals surface area contributed by atoms with Gasteiger partial charge in [-0.3, -0.25) is 4.90 Å². The predicted molar refractivity (Wildman–Crippen MR) is 68.6 cm³/mol. The molecule has 17 heavy (non-hydrogen) atoms. The predicted octanol–water partition coefficient (Wildman–Crippen LogP) is 4.33. The fourth-order valence-electron chi connectivity index (χ4n) is 2.00.